The Kier molecular flexibility index (Phi) is 3.85. The molecule has 0 radical (unpaired) electrons. The number of anilines is 1. The van der Waals surface area contributed by atoms with Crippen LogP contribution < -0.4 is 14.8 Å². The number of ether oxygens (including phenoxy) is 2. The zero-order valence-corrected chi connectivity index (χ0v) is 11.5. The van der Waals surface area contributed by atoms with Gasteiger partial charge in [0.25, 0.3) is 0 Å². The molecule has 100 valence electrons. The molecule has 2 aromatic rings. The van der Waals surface area contributed by atoms with Crippen LogP contribution in [0.2, 0.25) is 0 Å². The van der Waals surface area contributed by atoms with Crippen LogP contribution in [0.15, 0.2) is 24.4 Å². The van der Waals surface area contributed by atoms with Gasteiger partial charge in [-0.2, -0.15) is 0 Å². The van der Waals surface area contributed by atoms with Crippen molar-refractivity contribution >= 4 is 5.95 Å². The molecular formula is C14H17N3O2. The van der Waals surface area contributed by atoms with Crippen molar-refractivity contribution in [1.82, 2.24) is 9.97 Å². The molecule has 1 heterocycles. The third-order valence-electron chi connectivity index (χ3n) is 2.87. The lowest BCUT2D eigenvalue weighted by Gasteiger charge is -2.13. The van der Waals surface area contributed by atoms with Crippen LogP contribution in [0.1, 0.15) is 5.56 Å². The van der Waals surface area contributed by atoms with Gasteiger partial charge in [0.1, 0.15) is 11.5 Å². The van der Waals surface area contributed by atoms with Crippen molar-refractivity contribution in [1.29, 1.82) is 0 Å². The van der Waals surface area contributed by atoms with Crippen molar-refractivity contribution in [2.24, 2.45) is 0 Å². The number of aromatic nitrogens is 2. The van der Waals surface area contributed by atoms with E-state index in [0.717, 1.165) is 28.3 Å². The van der Waals surface area contributed by atoms with Gasteiger partial charge >= 0.3 is 0 Å². The van der Waals surface area contributed by atoms with Crippen LogP contribution >= 0.6 is 0 Å². The quantitative estimate of drug-likeness (QED) is 0.914. The molecule has 0 spiro atoms. The number of aryl methyl sites for hydroxylation is 1. The molecule has 19 heavy (non-hydrogen) atoms. The van der Waals surface area contributed by atoms with E-state index in [1.54, 1.807) is 27.5 Å². The molecule has 0 atom stereocenters. The highest BCUT2D eigenvalue weighted by Gasteiger charge is 2.12. The van der Waals surface area contributed by atoms with E-state index in [1.165, 1.54) is 0 Å². The van der Waals surface area contributed by atoms with Gasteiger partial charge in [-0.15, -0.1) is 0 Å². The Bertz CT molecular complexity index is 585. The molecule has 0 saturated heterocycles. The van der Waals surface area contributed by atoms with Gasteiger partial charge in [0.15, 0.2) is 0 Å². The van der Waals surface area contributed by atoms with Gasteiger partial charge in [0.2, 0.25) is 5.95 Å². The lowest BCUT2D eigenvalue weighted by Crippen LogP contribution is -1.99. The zero-order chi connectivity index (χ0) is 13.8. The fraction of sp³-hybridized carbons (Fsp3) is 0.286. The summed E-state index contributed by atoms with van der Waals surface area (Å²) >= 11 is 0. The van der Waals surface area contributed by atoms with E-state index in [0.29, 0.717) is 5.95 Å². The van der Waals surface area contributed by atoms with Crippen LogP contribution in [0.4, 0.5) is 5.95 Å². The summed E-state index contributed by atoms with van der Waals surface area (Å²) < 4.78 is 10.8. The van der Waals surface area contributed by atoms with E-state index in [2.05, 4.69) is 15.3 Å². The van der Waals surface area contributed by atoms with Crippen molar-refractivity contribution in [3.8, 4) is 22.8 Å². The number of nitrogens with one attached hydrogen (secondary N) is 1. The van der Waals surface area contributed by atoms with Crippen LogP contribution in [0.5, 0.6) is 11.5 Å². The second kappa shape index (κ2) is 5.56. The fourth-order valence-electron chi connectivity index (χ4n) is 1.88. The number of rotatable bonds is 4. The van der Waals surface area contributed by atoms with Crippen molar-refractivity contribution in [3.63, 3.8) is 0 Å². The molecule has 5 nitrogen and oxygen atoms in total. The zero-order valence-electron chi connectivity index (χ0n) is 11.5. The smallest absolute Gasteiger partial charge is 0.222 e. The van der Waals surface area contributed by atoms with Crippen molar-refractivity contribution in [3.05, 3.63) is 30.0 Å². The minimum Gasteiger partial charge on any atom is -0.496 e. The molecule has 0 bridgehead atoms. The second-order valence-corrected chi connectivity index (χ2v) is 4.04. The Labute approximate surface area is 112 Å². The summed E-state index contributed by atoms with van der Waals surface area (Å²) in [5.41, 5.74) is 2.68. The third kappa shape index (κ3) is 2.59. The van der Waals surface area contributed by atoms with Crippen molar-refractivity contribution in [2.45, 2.75) is 6.92 Å². The van der Waals surface area contributed by atoms with Crippen molar-refractivity contribution < 1.29 is 9.47 Å². The van der Waals surface area contributed by atoms with Gasteiger partial charge in [-0.25, -0.2) is 9.97 Å². The van der Waals surface area contributed by atoms with Crippen LogP contribution in [0, 0.1) is 6.92 Å². The Morgan fingerprint density at radius 2 is 1.84 bits per heavy atom. The molecule has 5 heteroatoms. The first kappa shape index (κ1) is 13.1. The highest BCUT2D eigenvalue weighted by molar-refractivity contribution is 5.70. The summed E-state index contributed by atoms with van der Waals surface area (Å²) in [5, 5.41) is 2.92. The van der Waals surface area contributed by atoms with Gasteiger partial charge in [-0.3, -0.25) is 0 Å². The van der Waals surface area contributed by atoms with E-state index in [1.807, 2.05) is 25.1 Å². The predicted molar refractivity (Wildman–Crippen MR) is 74.9 cm³/mol. The van der Waals surface area contributed by atoms with Gasteiger partial charge in [-0.05, 0) is 30.7 Å². The maximum absolute atomic E-state index is 5.42. The maximum Gasteiger partial charge on any atom is 0.222 e. The lowest BCUT2D eigenvalue weighted by molar-refractivity contribution is 0.401. The van der Waals surface area contributed by atoms with Crippen LogP contribution in [0.25, 0.3) is 11.3 Å². The SMILES string of the molecule is CNc1nccc(-c2cc(OC)c(C)cc2OC)n1. The predicted octanol–water partition coefficient (Wildman–Crippen LogP) is 2.51. The molecule has 0 saturated carbocycles. The topological polar surface area (TPSA) is 56.3 Å². The second-order valence-electron chi connectivity index (χ2n) is 4.04. The summed E-state index contributed by atoms with van der Waals surface area (Å²) in [4.78, 5) is 8.52. The molecular weight excluding hydrogens is 242 g/mol. The Morgan fingerprint density at radius 3 is 2.47 bits per heavy atom. The van der Waals surface area contributed by atoms with Gasteiger partial charge in [0, 0.05) is 18.8 Å². The molecule has 0 aliphatic carbocycles. The minimum atomic E-state index is 0.569. The van der Waals surface area contributed by atoms with E-state index in [-0.39, 0.29) is 0 Å². The first-order valence-corrected chi connectivity index (χ1v) is 5.93. The molecule has 0 unspecified atom stereocenters. The number of hydrogen-bond acceptors (Lipinski definition) is 5. The largest absolute Gasteiger partial charge is 0.496 e. The summed E-state index contributed by atoms with van der Waals surface area (Å²) in [6, 6.07) is 5.71. The maximum atomic E-state index is 5.42. The molecule has 1 aromatic heterocycles. The van der Waals surface area contributed by atoms with Crippen LogP contribution in [-0.4, -0.2) is 31.2 Å². The van der Waals surface area contributed by atoms with Crippen LogP contribution in [0.3, 0.4) is 0 Å². The standard InChI is InChI=1S/C14H17N3O2/c1-9-7-13(19-4)10(8-12(9)18-3)11-5-6-16-14(15-2)17-11/h5-8H,1-4H3,(H,15,16,17). The summed E-state index contributed by atoms with van der Waals surface area (Å²) in [6.07, 6.45) is 1.71. The number of benzene rings is 1. The average molecular weight is 259 g/mol. The molecule has 0 fully saturated rings. The molecule has 0 amide bonds. The summed E-state index contributed by atoms with van der Waals surface area (Å²) in [7, 11) is 5.08. The number of methoxy groups -OCH3 is 2. The summed E-state index contributed by atoms with van der Waals surface area (Å²) in [5.74, 6) is 2.14. The van der Waals surface area contributed by atoms with E-state index in [4.69, 9.17) is 9.47 Å². The normalized spacial score (nSPS) is 10.1. The third-order valence-corrected chi connectivity index (χ3v) is 2.87. The Hall–Kier alpha value is -2.30. The van der Waals surface area contributed by atoms with Crippen molar-refractivity contribution in [2.75, 3.05) is 26.6 Å². The van der Waals surface area contributed by atoms with E-state index in [9.17, 15) is 0 Å². The van der Waals surface area contributed by atoms with Gasteiger partial charge < -0.3 is 14.8 Å². The minimum absolute atomic E-state index is 0.569. The van der Waals surface area contributed by atoms with Crippen LogP contribution in [-0.2, 0) is 0 Å². The molecule has 0 aliphatic rings. The number of hydrogen-bond donors (Lipinski definition) is 1. The first-order chi connectivity index (χ1) is 9.19. The van der Waals surface area contributed by atoms with E-state index >= 15 is 0 Å². The number of nitrogens with zero attached hydrogens (tertiary/aromatic N) is 2. The molecule has 1 aromatic carbocycles. The molecule has 2 rings (SSSR count). The Balaban J connectivity index is 2.58. The Morgan fingerprint density at radius 1 is 1.11 bits per heavy atom. The molecule has 1 N–H and O–H groups in total. The van der Waals surface area contributed by atoms with Gasteiger partial charge in [0.05, 0.1) is 19.9 Å². The van der Waals surface area contributed by atoms with E-state index < -0.39 is 0 Å². The van der Waals surface area contributed by atoms with Gasteiger partial charge in [-0.1, -0.05) is 0 Å². The fourth-order valence-corrected chi connectivity index (χ4v) is 1.88. The summed E-state index contributed by atoms with van der Waals surface area (Å²) in [6.45, 7) is 1.98. The lowest BCUT2D eigenvalue weighted by atomic mass is 10.1. The molecule has 0 aliphatic heterocycles. The monoisotopic (exact) mass is 259 g/mol. The first-order valence-electron chi connectivity index (χ1n) is 5.93. The highest BCUT2D eigenvalue weighted by atomic mass is 16.5. The highest BCUT2D eigenvalue weighted by Crippen LogP contribution is 2.34. The average Bonchev–Trinajstić information content (AvgIpc) is 2.46.